The minimum Gasteiger partial charge on any atom is -0.332 e. The first kappa shape index (κ1) is 26.4. The smallest absolute Gasteiger partial charge is 0.128 e. The highest BCUT2D eigenvalue weighted by atomic mass is 28.3. The predicted molar refractivity (Wildman–Crippen MR) is 155 cm³/mol. The maximum atomic E-state index is 4.08. The normalized spacial score (nSPS) is 18.7. The fourth-order valence-electron chi connectivity index (χ4n) is 5.58. The first-order chi connectivity index (χ1) is 16.0. The first-order valence-electron chi connectivity index (χ1n) is 13.0. The Kier molecular flexibility index (Phi) is 6.59. The molecule has 0 saturated heterocycles. The molecule has 35 heavy (non-hydrogen) atoms. The van der Waals surface area contributed by atoms with Crippen molar-refractivity contribution in [2.24, 2.45) is 0 Å². The molecule has 185 valence electrons. The molecule has 1 saturated carbocycles. The lowest BCUT2D eigenvalue weighted by atomic mass is 9.77. The van der Waals surface area contributed by atoms with Crippen molar-refractivity contribution >= 4 is 14.3 Å². The number of rotatable bonds is 3. The topological polar surface area (TPSA) is 12.0 Å². The van der Waals surface area contributed by atoms with Gasteiger partial charge in [0.05, 0.1) is 0 Å². The van der Waals surface area contributed by atoms with Crippen LogP contribution in [0.3, 0.4) is 0 Å². The molecule has 2 aliphatic rings. The third-order valence-corrected chi connectivity index (χ3v) is 10.3. The second-order valence-corrected chi connectivity index (χ2v) is 18.0. The molecule has 1 nitrogen and oxygen atoms in total. The van der Waals surface area contributed by atoms with Gasteiger partial charge in [-0.25, -0.2) is 0 Å². The second kappa shape index (κ2) is 8.73. The Morgan fingerprint density at radius 2 is 1.23 bits per heavy atom. The van der Waals surface area contributed by atoms with E-state index in [0.717, 1.165) is 0 Å². The van der Waals surface area contributed by atoms with Gasteiger partial charge >= 0.3 is 0 Å². The fourth-order valence-corrected chi connectivity index (χ4v) is 9.36. The van der Waals surface area contributed by atoms with Gasteiger partial charge in [0, 0.05) is 28.8 Å². The Morgan fingerprint density at radius 3 is 1.77 bits per heavy atom. The highest BCUT2D eigenvalue weighted by molar-refractivity contribution is 6.82. The van der Waals surface area contributed by atoms with Crippen LogP contribution in [0, 0.1) is 29.7 Å². The van der Waals surface area contributed by atoms with Crippen LogP contribution in [0.2, 0.25) is 13.1 Å². The minimum absolute atomic E-state index is 0.0528. The van der Waals surface area contributed by atoms with Crippen LogP contribution in [0.5, 0.6) is 0 Å². The zero-order valence-corrected chi connectivity index (χ0v) is 24.8. The van der Waals surface area contributed by atoms with Crippen LogP contribution in [0.4, 0.5) is 0 Å². The maximum absolute atomic E-state index is 4.08. The van der Waals surface area contributed by atoms with E-state index in [2.05, 4.69) is 141 Å². The Hall–Kier alpha value is -1.64. The van der Waals surface area contributed by atoms with Crippen molar-refractivity contribution in [2.75, 3.05) is 0 Å². The zero-order valence-electron chi connectivity index (χ0n) is 23.8. The van der Waals surface area contributed by atoms with E-state index in [4.69, 9.17) is 0 Å². The molecular formula is C33H44NSi. The lowest BCUT2D eigenvalue weighted by molar-refractivity contribution is 0.512. The molecule has 1 fully saturated rings. The molecule has 0 unspecified atom stereocenters. The molecule has 0 bridgehead atoms. The van der Waals surface area contributed by atoms with E-state index in [0.29, 0.717) is 0 Å². The highest BCUT2D eigenvalue weighted by Crippen LogP contribution is 2.58. The van der Waals surface area contributed by atoms with E-state index in [1.165, 1.54) is 51.1 Å². The van der Waals surface area contributed by atoms with E-state index >= 15 is 0 Å². The summed E-state index contributed by atoms with van der Waals surface area (Å²) in [6, 6.07) is 16.2. The van der Waals surface area contributed by atoms with Gasteiger partial charge < -0.3 is 4.98 Å². The molecule has 2 aromatic rings. The summed E-state index contributed by atoms with van der Waals surface area (Å²) >= 11 is 0. The summed E-state index contributed by atoms with van der Waals surface area (Å²) in [5.74, 6) is 4.19. The Labute approximate surface area is 216 Å². The van der Waals surface area contributed by atoms with Crippen LogP contribution >= 0.6 is 0 Å². The van der Waals surface area contributed by atoms with Crippen LogP contribution < -0.4 is 4.98 Å². The predicted octanol–water partition coefficient (Wildman–Crippen LogP) is 8.35. The largest absolute Gasteiger partial charge is 0.332 e. The molecule has 0 atom stereocenters. The van der Waals surface area contributed by atoms with Crippen molar-refractivity contribution in [1.82, 2.24) is 4.98 Å². The maximum Gasteiger partial charge on any atom is 0.128 e. The van der Waals surface area contributed by atoms with E-state index in [1.807, 2.05) is 0 Å². The van der Waals surface area contributed by atoms with Gasteiger partial charge in [-0.05, 0) is 65.8 Å². The van der Waals surface area contributed by atoms with Crippen LogP contribution in [-0.2, 0) is 10.8 Å². The number of hydrogen-bond donors (Lipinski definition) is 1. The number of allylic oxidation sites excluding steroid dienone is 1. The highest BCUT2D eigenvalue weighted by Gasteiger charge is 2.54. The lowest BCUT2D eigenvalue weighted by Gasteiger charge is -2.42. The van der Waals surface area contributed by atoms with Crippen molar-refractivity contribution in [2.45, 2.75) is 91.8 Å². The molecule has 5 radical (unpaired) electrons. The van der Waals surface area contributed by atoms with E-state index in [-0.39, 0.29) is 16.4 Å². The van der Waals surface area contributed by atoms with E-state index < -0.39 is 8.24 Å². The number of fused-ring (bicyclic) bond motifs is 3. The van der Waals surface area contributed by atoms with Crippen molar-refractivity contribution in [3.8, 4) is 0 Å². The summed E-state index contributed by atoms with van der Waals surface area (Å²) in [5.41, 5.74) is 8.58. The Balaban J connectivity index is 1.89. The fraction of sp³-hybridized carbons (Fsp3) is 0.424. The quantitative estimate of drug-likeness (QED) is 0.433. The van der Waals surface area contributed by atoms with E-state index in [9.17, 15) is 0 Å². The van der Waals surface area contributed by atoms with Gasteiger partial charge in [-0.1, -0.05) is 109 Å². The van der Waals surface area contributed by atoms with Gasteiger partial charge in [-0.15, -0.1) is 0 Å². The molecule has 1 N–H and O–H groups in total. The van der Waals surface area contributed by atoms with Gasteiger partial charge in [0.15, 0.2) is 0 Å². The Bertz CT molecular complexity index is 1070. The monoisotopic (exact) mass is 482 g/mol. The zero-order chi connectivity index (χ0) is 26.0. The molecule has 4 rings (SSSR count). The molecule has 0 spiro atoms. The molecule has 0 aliphatic heterocycles. The van der Waals surface area contributed by atoms with Crippen LogP contribution in [-0.4, -0.2) is 13.8 Å². The standard InChI is InChI=1S/C33H44NSi/c1-31(2,3)24-18-23(19-25(20-24)32(4,5)6)28-21-29-26-15-13-12-14-22(26)16-17-27(29)30(28)35(10,11)34-33(7,8)9/h12-21,34H,1-11H3. The van der Waals surface area contributed by atoms with Gasteiger partial charge in [0.25, 0.3) is 0 Å². The van der Waals surface area contributed by atoms with Crippen LogP contribution in [0.15, 0.2) is 48.5 Å². The van der Waals surface area contributed by atoms with Crippen molar-refractivity contribution in [1.29, 1.82) is 0 Å². The van der Waals surface area contributed by atoms with Gasteiger partial charge in [-0.2, -0.15) is 0 Å². The SMILES string of the molecule is CC(C)(C)N[Si](C)(C)[C]1[C]2C=Cc3ccccc3[C]2[CH][C]1c1cc(C(C)(C)C)cc(C(C)(C)C)c1. The van der Waals surface area contributed by atoms with Gasteiger partial charge in [-0.3, -0.25) is 0 Å². The minimum atomic E-state index is -2.02. The molecule has 2 aromatic carbocycles. The molecule has 0 heterocycles. The summed E-state index contributed by atoms with van der Waals surface area (Å²) in [4.78, 5) is 4.08. The molecule has 2 aliphatic carbocycles. The van der Waals surface area contributed by atoms with Crippen molar-refractivity contribution in [3.63, 3.8) is 0 Å². The molecular weight excluding hydrogens is 438 g/mol. The molecule has 2 heteroatoms. The summed E-state index contributed by atoms with van der Waals surface area (Å²) in [7, 11) is -2.02. The third-order valence-electron chi connectivity index (χ3n) is 7.09. The average molecular weight is 483 g/mol. The first-order valence-corrected chi connectivity index (χ1v) is 16.0. The lowest BCUT2D eigenvalue weighted by Crippen LogP contribution is -2.59. The van der Waals surface area contributed by atoms with E-state index in [1.54, 1.807) is 0 Å². The second-order valence-electron chi connectivity index (χ2n) is 14.0. The summed E-state index contributed by atoms with van der Waals surface area (Å²) in [6.07, 6.45) is 7.16. The van der Waals surface area contributed by atoms with Crippen molar-refractivity contribution < 1.29 is 0 Å². The summed E-state index contributed by atoms with van der Waals surface area (Å²) in [6.45, 7) is 25.8. The number of hydrogen-bond acceptors (Lipinski definition) is 1. The Morgan fingerprint density at radius 1 is 0.657 bits per heavy atom. The third kappa shape index (κ3) is 5.39. The van der Waals surface area contributed by atoms with Gasteiger partial charge in [0.2, 0.25) is 0 Å². The molecule has 0 aromatic heterocycles. The average Bonchev–Trinajstić information content (AvgIpc) is 3.11. The van der Waals surface area contributed by atoms with Crippen molar-refractivity contribution in [3.05, 3.63) is 106 Å². The molecule has 0 amide bonds. The van der Waals surface area contributed by atoms with Crippen LogP contribution in [0.25, 0.3) is 6.08 Å². The number of nitrogens with one attached hydrogen (secondary N) is 1. The van der Waals surface area contributed by atoms with Crippen LogP contribution in [0.1, 0.15) is 90.1 Å². The summed E-state index contributed by atoms with van der Waals surface area (Å²) in [5, 5.41) is 0. The summed E-state index contributed by atoms with van der Waals surface area (Å²) < 4.78 is 0. The van der Waals surface area contributed by atoms with Gasteiger partial charge in [0.1, 0.15) is 8.24 Å². The number of benzene rings is 2.